The van der Waals surface area contributed by atoms with Crippen molar-refractivity contribution < 1.29 is 21.1 Å². The number of fused-ring (bicyclic) bond motifs is 3. The Morgan fingerprint density at radius 1 is 1.30 bits per heavy atom. The number of nitrogens with one attached hydrogen (secondary N) is 1. The number of hydrogen-bond acceptors (Lipinski definition) is 5. The Kier molecular flexibility index (Phi) is 3.49. The molecule has 0 radical (unpaired) electrons. The molecular weight excluding hydrogens is 424 g/mol. The van der Waals surface area contributed by atoms with E-state index in [2.05, 4.69) is 36.2 Å². The molecule has 0 aromatic carbocycles. The molecule has 0 saturated carbocycles. The molecule has 0 aliphatic carbocycles. The van der Waals surface area contributed by atoms with Gasteiger partial charge in [0.15, 0.2) is 0 Å². The molecule has 0 fully saturated rings. The first-order chi connectivity index (χ1) is 9.42. The molecule has 20 heavy (non-hydrogen) atoms. The standard InChI is InChI=1S/C13H11N6.W/c1-3-14-8-16-12(1)19-4-2-10-9(7-19)5-15-13-11(10)6-17-18-13;/h1,3,5,8H,2,4,7H2,(H,15,17,18);/q-1;. The number of hydrogen-bond donors (Lipinski definition) is 1. The van der Waals surface area contributed by atoms with Gasteiger partial charge in [-0.25, -0.2) is 9.97 Å². The molecule has 0 spiro atoms. The van der Waals surface area contributed by atoms with E-state index in [1.165, 1.54) is 11.1 Å². The molecule has 3 aromatic rings. The quantitative estimate of drug-likeness (QED) is 0.581. The number of pyridine rings is 1. The molecule has 0 amide bonds. The molecule has 7 heteroatoms. The van der Waals surface area contributed by atoms with Crippen molar-refractivity contribution in [3.05, 3.63) is 42.1 Å². The Morgan fingerprint density at radius 3 is 3.10 bits per heavy atom. The van der Waals surface area contributed by atoms with Gasteiger partial charge in [0.25, 0.3) is 0 Å². The van der Waals surface area contributed by atoms with Crippen molar-refractivity contribution in [2.24, 2.45) is 0 Å². The maximum Gasteiger partial charge on any atom is 0.132 e. The summed E-state index contributed by atoms with van der Waals surface area (Å²) in [4.78, 5) is 14.9. The summed E-state index contributed by atoms with van der Waals surface area (Å²) < 4.78 is 0. The Morgan fingerprint density at radius 2 is 2.25 bits per heavy atom. The van der Waals surface area contributed by atoms with Gasteiger partial charge in [0, 0.05) is 52.2 Å². The summed E-state index contributed by atoms with van der Waals surface area (Å²) in [6.45, 7) is 1.75. The first kappa shape index (κ1) is 13.2. The van der Waals surface area contributed by atoms with Crippen LogP contribution in [0.4, 0.5) is 5.82 Å². The third-order valence-corrected chi connectivity index (χ3v) is 3.49. The van der Waals surface area contributed by atoms with Gasteiger partial charge in [-0.3, -0.25) is 5.10 Å². The molecule has 0 saturated heterocycles. The minimum absolute atomic E-state index is 0. The average Bonchev–Trinajstić information content (AvgIpc) is 2.96. The third kappa shape index (κ3) is 2.10. The van der Waals surface area contributed by atoms with Crippen LogP contribution >= 0.6 is 0 Å². The van der Waals surface area contributed by atoms with E-state index in [4.69, 9.17) is 0 Å². The zero-order valence-corrected chi connectivity index (χ0v) is 13.5. The van der Waals surface area contributed by atoms with E-state index < -0.39 is 0 Å². The van der Waals surface area contributed by atoms with Gasteiger partial charge in [-0.05, 0) is 12.3 Å². The maximum absolute atomic E-state index is 4.37. The van der Waals surface area contributed by atoms with E-state index in [-0.39, 0.29) is 21.1 Å². The summed E-state index contributed by atoms with van der Waals surface area (Å²) in [6, 6.07) is 1.93. The van der Waals surface area contributed by atoms with E-state index in [0.717, 1.165) is 36.4 Å². The Hall–Kier alpha value is -1.81. The van der Waals surface area contributed by atoms with E-state index >= 15 is 0 Å². The van der Waals surface area contributed by atoms with Crippen molar-refractivity contribution in [1.82, 2.24) is 25.1 Å². The average molecular weight is 435 g/mol. The van der Waals surface area contributed by atoms with Gasteiger partial charge in [0.05, 0.1) is 0 Å². The van der Waals surface area contributed by atoms with Gasteiger partial charge < -0.3 is 15.0 Å². The van der Waals surface area contributed by atoms with E-state index in [0.29, 0.717) is 0 Å². The van der Waals surface area contributed by atoms with Crippen LogP contribution in [0.1, 0.15) is 11.1 Å². The summed E-state index contributed by atoms with van der Waals surface area (Å²) in [5.74, 6) is 0.955. The number of anilines is 1. The number of nitrogens with zero attached hydrogens (tertiary/aromatic N) is 5. The van der Waals surface area contributed by atoms with Crippen molar-refractivity contribution in [3.8, 4) is 0 Å². The predicted octanol–water partition coefficient (Wildman–Crippen LogP) is 1.11. The summed E-state index contributed by atoms with van der Waals surface area (Å²) in [6.07, 6.45) is 9.20. The Bertz CT molecular complexity index is 726. The molecule has 3 aromatic heterocycles. The molecule has 6 nitrogen and oxygen atoms in total. The minimum Gasteiger partial charge on any atom is -0.354 e. The number of aromatic nitrogens is 5. The molecule has 1 aliphatic rings. The second-order valence-corrected chi connectivity index (χ2v) is 4.56. The van der Waals surface area contributed by atoms with Gasteiger partial charge in [0.2, 0.25) is 0 Å². The summed E-state index contributed by atoms with van der Waals surface area (Å²) >= 11 is 0. The zero-order chi connectivity index (χ0) is 12.7. The maximum atomic E-state index is 4.37. The summed E-state index contributed by atoms with van der Waals surface area (Å²) in [7, 11) is 0. The van der Waals surface area contributed by atoms with Crippen LogP contribution in [0.3, 0.4) is 0 Å². The number of aromatic amines is 1. The molecule has 4 rings (SSSR count). The van der Waals surface area contributed by atoms with Crippen LogP contribution in [0.2, 0.25) is 0 Å². The minimum atomic E-state index is 0. The topological polar surface area (TPSA) is 70.6 Å². The van der Waals surface area contributed by atoms with Gasteiger partial charge in [-0.15, -0.1) is 10.9 Å². The van der Waals surface area contributed by atoms with Crippen molar-refractivity contribution in [3.63, 3.8) is 0 Å². The fraction of sp³-hybridized carbons (Fsp3) is 0.231. The first-order valence-corrected chi connectivity index (χ1v) is 6.15. The fourth-order valence-electron chi connectivity index (χ4n) is 2.55. The molecule has 100 valence electrons. The molecule has 4 heterocycles. The van der Waals surface area contributed by atoms with Gasteiger partial charge in [0.1, 0.15) is 12.1 Å². The van der Waals surface area contributed by atoms with Gasteiger partial charge in [-0.1, -0.05) is 12.0 Å². The smallest absolute Gasteiger partial charge is 0.132 e. The largest absolute Gasteiger partial charge is 0.354 e. The van der Waals surface area contributed by atoms with E-state index in [1.54, 1.807) is 12.5 Å². The van der Waals surface area contributed by atoms with Crippen molar-refractivity contribution >= 4 is 16.9 Å². The fourth-order valence-corrected chi connectivity index (χ4v) is 2.55. The molecule has 0 atom stereocenters. The van der Waals surface area contributed by atoms with Crippen LogP contribution in [0.5, 0.6) is 0 Å². The van der Waals surface area contributed by atoms with Crippen LogP contribution in [0.15, 0.2) is 24.8 Å². The second kappa shape index (κ2) is 5.29. The zero-order valence-electron chi connectivity index (χ0n) is 10.6. The molecular formula is C13H11N6W-. The van der Waals surface area contributed by atoms with Crippen LogP contribution in [0, 0.1) is 6.20 Å². The Labute approximate surface area is 129 Å². The first-order valence-electron chi connectivity index (χ1n) is 6.15. The van der Waals surface area contributed by atoms with Crippen LogP contribution in [-0.4, -0.2) is 31.7 Å². The molecule has 0 bridgehead atoms. The SMILES string of the molecule is [W].[c-]1n[nH]c2ncc3c(c12)CCN(c1ccncn1)C3. The second-order valence-electron chi connectivity index (χ2n) is 4.56. The van der Waals surface area contributed by atoms with Crippen molar-refractivity contribution in [2.45, 2.75) is 13.0 Å². The third-order valence-electron chi connectivity index (χ3n) is 3.49. The van der Waals surface area contributed by atoms with E-state index in [1.807, 2.05) is 12.3 Å². The van der Waals surface area contributed by atoms with Gasteiger partial charge >= 0.3 is 0 Å². The van der Waals surface area contributed by atoms with Crippen LogP contribution < -0.4 is 4.90 Å². The Balaban J connectivity index is 0.00000121. The van der Waals surface area contributed by atoms with Gasteiger partial charge in [-0.2, -0.15) is 0 Å². The van der Waals surface area contributed by atoms with Crippen LogP contribution in [-0.2, 0) is 34.0 Å². The number of rotatable bonds is 1. The predicted molar refractivity (Wildman–Crippen MR) is 69.5 cm³/mol. The van der Waals surface area contributed by atoms with E-state index in [9.17, 15) is 0 Å². The normalized spacial score (nSPS) is 13.9. The molecule has 1 aliphatic heterocycles. The molecule has 1 N–H and O–H groups in total. The van der Waals surface area contributed by atoms with Crippen LogP contribution in [0.25, 0.3) is 11.0 Å². The van der Waals surface area contributed by atoms with Crippen molar-refractivity contribution in [2.75, 3.05) is 11.4 Å². The molecule has 0 unspecified atom stereocenters. The van der Waals surface area contributed by atoms with Crippen molar-refractivity contribution in [1.29, 1.82) is 0 Å². The summed E-state index contributed by atoms with van der Waals surface area (Å²) in [5, 5.41) is 7.82. The summed E-state index contributed by atoms with van der Waals surface area (Å²) in [5.41, 5.74) is 3.33. The number of H-pyrrole nitrogens is 1. The monoisotopic (exact) mass is 435 g/mol.